The van der Waals surface area contributed by atoms with E-state index >= 15 is 0 Å². The minimum atomic E-state index is -3.65. The van der Waals surface area contributed by atoms with E-state index in [0.29, 0.717) is 24.9 Å². The van der Waals surface area contributed by atoms with E-state index in [1.807, 2.05) is 6.92 Å². The van der Waals surface area contributed by atoms with Crippen LogP contribution in [0.4, 0.5) is 4.79 Å². The zero-order valence-electron chi connectivity index (χ0n) is 16.2. The van der Waals surface area contributed by atoms with Gasteiger partial charge in [0.1, 0.15) is 6.04 Å². The van der Waals surface area contributed by atoms with Crippen LogP contribution in [0.5, 0.6) is 0 Å². The van der Waals surface area contributed by atoms with E-state index < -0.39 is 40.1 Å². The van der Waals surface area contributed by atoms with Crippen LogP contribution in [0.2, 0.25) is 0 Å². The smallest absolute Gasteiger partial charge is 0.325 e. The Morgan fingerprint density at radius 1 is 1.11 bits per heavy atom. The highest BCUT2D eigenvalue weighted by atomic mass is 32.2. The summed E-state index contributed by atoms with van der Waals surface area (Å²) < 4.78 is 31.4. The number of hydrogen-bond donors (Lipinski definition) is 3. The molecule has 0 unspecified atom stereocenters. The SMILES string of the molecule is CCCCS(=O)(=O)N[C@@H](C)C(=O)O[C@H](C(=O)NC(=O)NCC)c1ccccc1. The van der Waals surface area contributed by atoms with Gasteiger partial charge in [-0.3, -0.25) is 14.9 Å². The summed E-state index contributed by atoms with van der Waals surface area (Å²) in [6.45, 7) is 5.18. The summed E-state index contributed by atoms with van der Waals surface area (Å²) in [4.78, 5) is 36.4. The van der Waals surface area contributed by atoms with Gasteiger partial charge in [-0.2, -0.15) is 0 Å². The standard InChI is InChI=1S/C18H27N3O6S/c1-4-6-12-28(25,26)21-13(3)17(23)27-15(14-10-8-7-9-11-14)16(22)20-18(24)19-5-2/h7-11,13,15,21H,4-6,12H2,1-3H3,(H2,19,20,22,24)/t13-,15-/m0/s1. The number of benzene rings is 1. The summed E-state index contributed by atoms with van der Waals surface area (Å²) >= 11 is 0. The normalized spacial score (nSPS) is 13.2. The fourth-order valence-corrected chi connectivity index (χ4v) is 3.63. The van der Waals surface area contributed by atoms with Gasteiger partial charge >= 0.3 is 12.0 Å². The summed E-state index contributed by atoms with van der Waals surface area (Å²) in [5.74, 6) is -1.88. The number of rotatable bonds is 10. The summed E-state index contributed by atoms with van der Waals surface area (Å²) in [7, 11) is -3.65. The Morgan fingerprint density at radius 2 is 1.75 bits per heavy atom. The lowest BCUT2D eigenvalue weighted by Gasteiger charge is -2.20. The van der Waals surface area contributed by atoms with Crippen LogP contribution in [0, 0.1) is 0 Å². The molecule has 10 heteroatoms. The van der Waals surface area contributed by atoms with Gasteiger partial charge in [-0.25, -0.2) is 17.9 Å². The molecule has 0 aromatic heterocycles. The lowest BCUT2D eigenvalue weighted by atomic mass is 10.1. The van der Waals surface area contributed by atoms with Crippen LogP contribution in [0.25, 0.3) is 0 Å². The van der Waals surface area contributed by atoms with Crippen molar-refractivity contribution >= 4 is 27.9 Å². The molecule has 0 saturated carbocycles. The first-order valence-electron chi connectivity index (χ1n) is 9.04. The number of nitrogens with one attached hydrogen (secondary N) is 3. The third kappa shape index (κ3) is 8.05. The predicted molar refractivity (Wildman–Crippen MR) is 104 cm³/mol. The Balaban J connectivity index is 2.89. The molecule has 28 heavy (non-hydrogen) atoms. The average molecular weight is 413 g/mol. The molecular weight excluding hydrogens is 386 g/mol. The first-order valence-corrected chi connectivity index (χ1v) is 10.7. The van der Waals surface area contributed by atoms with Crippen molar-refractivity contribution in [2.24, 2.45) is 0 Å². The molecule has 9 nitrogen and oxygen atoms in total. The molecule has 156 valence electrons. The van der Waals surface area contributed by atoms with Gasteiger partial charge in [-0.05, 0) is 20.3 Å². The molecule has 0 radical (unpaired) electrons. The van der Waals surface area contributed by atoms with E-state index in [4.69, 9.17) is 4.74 Å². The topological polar surface area (TPSA) is 131 Å². The first kappa shape index (κ1) is 23.6. The fraction of sp³-hybridized carbons (Fsp3) is 0.500. The van der Waals surface area contributed by atoms with E-state index in [0.717, 1.165) is 0 Å². The molecule has 0 aliphatic carbocycles. The molecule has 2 atom stereocenters. The molecule has 3 N–H and O–H groups in total. The van der Waals surface area contributed by atoms with Gasteiger partial charge in [0, 0.05) is 12.1 Å². The molecule has 1 aromatic rings. The number of imide groups is 1. The minimum Gasteiger partial charge on any atom is -0.446 e. The van der Waals surface area contributed by atoms with Crippen molar-refractivity contribution in [2.75, 3.05) is 12.3 Å². The Bertz CT molecular complexity index is 767. The van der Waals surface area contributed by atoms with Crippen molar-refractivity contribution in [1.29, 1.82) is 0 Å². The first-order chi connectivity index (χ1) is 13.2. The predicted octanol–water partition coefficient (Wildman–Crippen LogP) is 1.22. The third-order valence-corrected chi connectivity index (χ3v) is 5.16. The Kier molecular flexibility index (Phi) is 9.60. The maximum atomic E-state index is 12.4. The highest BCUT2D eigenvalue weighted by molar-refractivity contribution is 7.89. The van der Waals surface area contributed by atoms with Gasteiger partial charge < -0.3 is 10.1 Å². The van der Waals surface area contributed by atoms with Gasteiger partial charge in [-0.15, -0.1) is 0 Å². The summed E-state index contributed by atoms with van der Waals surface area (Å²) in [6.07, 6.45) is -0.256. The Hall–Kier alpha value is -2.46. The third-order valence-electron chi connectivity index (χ3n) is 3.63. The zero-order valence-corrected chi connectivity index (χ0v) is 17.0. The molecule has 0 fully saturated rings. The molecule has 0 saturated heterocycles. The monoisotopic (exact) mass is 413 g/mol. The summed E-state index contributed by atoms with van der Waals surface area (Å²) in [6, 6.07) is 6.22. The van der Waals surface area contributed by atoms with Crippen molar-refractivity contribution in [2.45, 2.75) is 45.8 Å². The fourth-order valence-electron chi connectivity index (χ4n) is 2.21. The van der Waals surface area contributed by atoms with Crippen LogP contribution in [0.15, 0.2) is 30.3 Å². The zero-order chi connectivity index (χ0) is 21.2. The molecule has 0 bridgehead atoms. The van der Waals surface area contributed by atoms with E-state index in [1.54, 1.807) is 37.3 Å². The highest BCUT2D eigenvalue weighted by Crippen LogP contribution is 2.18. The van der Waals surface area contributed by atoms with Crippen molar-refractivity contribution in [1.82, 2.24) is 15.4 Å². The lowest BCUT2D eigenvalue weighted by Crippen LogP contribution is -2.45. The molecule has 3 amide bonds. The number of hydrogen-bond acceptors (Lipinski definition) is 6. The van der Waals surface area contributed by atoms with Crippen molar-refractivity contribution in [3.8, 4) is 0 Å². The molecule has 1 aromatic carbocycles. The van der Waals surface area contributed by atoms with Crippen molar-refractivity contribution in [3.05, 3.63) is 35.9 Å². The molecule has 0 aliphatic heterocycles. The summed E-state index contributed by atoms with van der Waals surface area (Å²) in [5, 5.41) is 4.50. The molecule has 0 spiro atoms. The second-order valence-electron chi connectivity index (χ2n) is 6.09. The molecular formula is C18H27N3O6S. The van der Waals surface area contributed by atoms with Crippen LogP contribution < -0.4 is 15.4 Å². The van der Waals surface area contributed by atoms with E-state index in [9.17, 15) is 22.8 Å². The van der Waals surface area contributed by atoms with Crippen molar-refractivity contribution in [3.63, 3.8) is 0 Å². The van der Waals surface area contributed by atoms with E-state index in [1.165, 1.54) is 6.92 Å². The van der Waals surface area contributed by atoms with Gasteiger partial charge in [0.05, 0.1) is 5.75 Å². The number of carbonyl (C=O) groups excluding carboxylic acids is 3. The number of esters is 1. The molecule has 0 heterocycles. The second kappa shape index (κ2) is 11.4. The number of urea groups is 1. The largest absolute Gasteiger partial charge is 0.446 e. The van der Waals surface area contributed by atoms with Crippen molar-refractivity contribution < 1.29 is 27.5 Å². The van der Waals surface area contributed by atoms with Gasteiger partial charge in [0.25, 0.3) is 5.91 Å². The van der Waals surface area contributed by atoms with Crippen LogP contribution in [-0.4, -0.2) is 44.7 Å². The molecule has 0 aliphatic rings. The Labute approximate surface area is 165 Å². The highest BCUT2D eigenvalue weighted by Gasteiger charge is 2.30. The van der Waals surface area contributed by atoms with E-state index in [-0.39, 0.29) is 5.75 Å². The van der Waals surface area contributed by atoms with Crippen LogP contribution >= 0.6 is 0 Å². The van der Waals surface area contributed by atoms with E-state index in [2.05, 4.69) is 15.4 Å². The quantitative estimate of drug-likeness (QED) is 0.495. The summed E-state index contributed by atoms with van der Waals surface area (Å²) in [5.41, 5.74) is 0.346. The second-order valence-corrected chi connectivity index (χ2v) is 7.96. The van der Waals surface area contributed by atoms with Crippen LogP contribution in [0.1, 0.15) is 45.3 Å². The van der Waals surface area contributed by atoms with Gasteiger partial charge in [0.2, 0.25) is 16.1 Å². The van der Waals surface area contributed by atoms with Gasteiger partial charge in [-0.1, -0.05) is 43.7 Å². The number of unbranched alkanes of at least 4 members (excludes halogenated alkanes) is 1. The van der Waals surface area contributed by atoms with Gasteiger partial charge in [0.15, 0.2) is 0 Å². The molecule has 1 rings (SSSR count). The number of carbonyl (C=O) groups is 3. The minimum absolute atomic E-state index is 0.110. The number of sulfonamides is 1. The number of amides is 3. The Morgan fingerprint density at radius 3 is 2.32 bits per heavy atom. The maximum absolute atomic E-state index is 12.4. The lowest BCUT2D eigenvalue weighted by molar-refractivity contribution is -0.157. The maximum Gasteiger partial charge on any atom is 0.325 e. The number of ether oxygens (including phenoxy) is 1. The van der Waals surface area contributed by atoms with Crippen LogP contribution in [0.3, 0.4) is 0 Å². The average Bonchev–Trinajstić information content (AvgIpc) is 2.64. The van der Waals surface area contributed by atoms with Crippen LogP contribution in [-0.2, 0) is 24.3 Å².